The minimum atomic E-state index is -0.0899. The van der Waals surface area contributed by atoms with Crippen LogP contribution in [-0.4, -0.2) is 60.3 Å². The Morgan fingerprint density at radius 1 is 0.944 bits per heavy atom. The average molecular weight is 256 g/mol. The molecule has 0 aromatic carbocycles. The number of likely N-dealkylation sites (N-methyl/N-ethyl adjacent to an activating group) is 1. The molecule has 1 saturated heterocycles. The highest BCUT2D eigenvalue weighted by Gasteiger charge is 2.16. The first-order valence-corrected chi connectivity index (χ1v) is 7.74. The molecule has 3 heteroatoms. The van der Waals surface area contributed by atoms with Gasteiger partial charge in [-0.25, -0.2) is 0 Å². The minimum Gasteiger partial charge on any atom is -0.393 e. The monoisotopic (exact) mass is 256 g/mol. The lowest BCUT2D eigenvalue weighted by atomic mass is 10.0. The lowest BCUT2D eigenvalue weighted by Crippen LogP contribution is -2.46. The van der Waals surface area contributed by atoms with E-state index in [-0.39, 0.29) is 6.10 Å². The van der Waals surface area contributed by atoms with Crippen LogP contribution in [0.5, 0.6) is 0 Å². The van der Waals surface area contributed by atoms with Crippen molar-refractivity contribution >= 4 is 0 Å². The molecule has 0 aromatic rings. The smallest absolute Gasteiger partial charge is 0.0552 e. The largest absolute Gasteiger partial charge is 0.393 e. The van der Waals surface area contributed by atoms with E-state index < -0.39 is 0 Å². The van der Waals surface area contributed by atoms with Crippen LogP contribution in [0.1, 0.15) is 46.5 Å². The molecule has 1 fully saturated rings. The first-order valence-electron chi connectivity index (χ1n) is 7.74. The van der Waals surface area contributed by atoms with Gasteiger partial charge in [0.2, 0.25) is 0 Å². The molecule has 1 atom stereocenters. The van der Waals surface area contributed by atoms with Crippen LogP contribution >= 0.6 is 0 Å². The quantitative estimate of drug-likeness (QED) is 0.721. The van der Waals surface area contributed by atoms with E-state index in [1.807, 2.05) is 0 Å². The number of rotatable bonds is 8. The molecule has 108 valence electrons. The molecule has 0 bridgehead atoms. The first kappa shape index (κ1) is 15.9. The molecule has 1 N–H and O–H groups in total. The van der Waals surface area contributed by atoms with Crippen molar-refractivity contribution in [2.75, 3.05) is 39.3 Å². The number of aliphatic hydroxyl groups excluding tert-OH is 1. The van der Waals surface area contributed by atoms with Gasteiger partial charge in [-0.05, 0) is 25.3 Å². The Hall–Kier alpha value is -0.120. The minimum absolute atomic E-state index is 0.0899. The van der Waals surface area contributed by atoms with Crippen molar-refractivity contribution in [1.29, 1.82) is 0 Å². The van der Waals surface area contributed by atoms with Gasteiger partial charge in [-0.15, -0.1) is 0 Å². The molecule has 3 nitrogen and oxygen atoms in total. The van der Waals surface area contributed by atoms with Crippen LogP contribution in [-0.2, 0) is 0 Å². The molecule has 0 saturated carbocycles. The predicted octanol–water partition coefficient (Wildman–Crippen LogP) is 2.20. The highest BCUT2D eigenvalue weighted by Crippen LogP contribution is 2.11. The van der Waals surface area contributed by atoms with Crippen molar-refractivity contribution in [2.24, 2.45) is 5.92 Å². The summed E-state index contributed by atoms with van der Waals surface area (Å²) in [5.41, 5.74) is 0. The summed E-state index contributed by atoms with van der Waals surface area (Å²) >= 11 is 0. The number of hydrogen-bond donors (Lipinski definition) is 1. The van der Waals surface area contributed by atoms with Crippen LogP contribution in [0.3, 0.4) is 0 Å². The van der Waals surface area contributed by atoms with Gasteiger partial charge in [0, 0.05) is 32.7 Å². The van der Waals surface area contributed by atoms with Crippen LogP contribution in [0, 0.1) is 5.92 Å². The molecule has 1 heterocycles. The van der Waals surface area contributed by atoms with Crippen LogP contribution < -0.4 is 0 Å². The zero-order valence-corrected chi connectivity index (χ0v) is 12.6. The summed E-state index contributed by atoms with van der Waals surface area (Å²) in [4.78, 5) is 4.99. The molecule has 1 aliphatic rings. The molecule has 0 aromatic heterocycles. The van der Waals surface area contributed by atoms with E-state index in [9.17, 15) is 5.11 Å². The summed E-state index contributed by atoms with van der Waals surface area (Å²) in [6.45, 7) is 13.7. The third-order valence-corrected chi connectivity index (χ3v) is 4.01. The zero-order valence-electron chi connectivity index (χ0n) is 12.6. The average Bonchev–Trinajstić information content (AvgIpc) is 2.36. The van der Waals surface area contributed by atoms with E-state index in [1.165, 1.54) is 45.6 Å². The van der Waals surface area contributed by atoms with E-state index >= 15 is 0 Å². The number of piperazine rings is 1. The van der Waals surface area contributed by atoms with Gasteiger partial charge in [-0.3, -0.25) is 0 Å². The summed E-state index contributed by atoms with van der Waals surface area (Å²) in [5, 5.41) is 9.95. The third-order valence-electron chi connectivity index (χ3n) is 4.01. The van der Waals surface area contributed by atoms with E-state index in [0.717, 1.165) is 25.3 Å². The van der Waals surface area contributed by atoms with Crippen LogP contribution in [0.25, 0.3) is 0 Å². The summed E-state index contributed by atoms with van der Waals surface area (Å²) in [6.07, 6.45) is 4.25. The Bertz CT molecular complexity index is 201. The van der Waals surface area contributed by atoms with E-state index in [2.05, 4.69) is 30.6 Å². The molecule has 1 rings (SSSR count). The normalized spacial score (nSPS) is 20.5. The van der Waals surface area contributed by atoms with E-state index in [0.29, 0.717) is 0 Å². The number of nitrogens with zero attached hydrogens (tertiary/aromatic N) is 2. The van der Waals surface area contributed by atoms with Crippen molar-refractivity contribution in [1.82, 2.24) is 9.80 Å². The topological polar surface area (TPSA) is 26.7 Å². The second-order valence-electron chi connectivity index (χ2n) is 6.04. The van der Waals surface area contributed by atoms with Crippen molar-refractivity contribution < 1.29 is 5.11 Å². The summed E-state index contributed by atoms with van der Waals surface area (Å²) in [6, 6.07) is 0. The van der Waals surface area contributed by atoms with Gasteiger partial charge >= 0.3 is 0 Å². The van der Waals surface area contributed by atoms with Gasteiger partial charge in [0.1, 0.15) is 0 Å². The van der Waals surface area contributed by atoms with Crippen LogP contribution in [0.4, 0.5) is 0 Å². The van der Waals surface area contributed by atoms with Crippen molar-refractivity contribution in [3.63, 3.8) is 0 Å². The Morgan fingerprint density at radius 3 is 2.11 bits per heavy atom. The molecule has 18 heavy (non-hydrogen) atoms. The van der Waals surface area contributed by atoms with Gasteiger partial charge < -0.3 is 14.9 Å². The number of hydrogen-bond acceptors (Lipinski definition) is 3. The standard InChI is InChI=1S/C15H32N2O/c1-4-16-10-12-17(13-11-16)9-8-15(18)7-5-6-14(2)3/h14-15,18H,4-13H2,1-3H3/t15-/m0/s1. The predicted molar refractivity (Wildman–Crippen MR) is 77.9 cm³/mol. The molecule has 1 aliphatic heterocycles. The zero-order chi connectivity index (χ0) is 13.4. The Labute approximate surface area is 113 Å². The maximum Gasteiger partial charge on any atom is 0.0552 e. The second-order valence-corrected chi connectivity index (χ2v) is 6.04. The lowest BCUT2D eigenvalue weighted by molar-refractivity contribution is 0.0992. The van der Waals surface area contributed by atoms with Gasteiger partial charge in [-0.2, -0.15) is 0 Å². The fourth-order valence-electron chi connectivity index (χ4n) is 2.57. The van der Waals surface area contributed by atoms with Crippen molar-refractivity contribution in [3.8, 4) is 0 Å². The van der Waals surface area contributed by atoms with Gasteiger partial charge in [-0.1, -0.05) is 33.6 Å². The molecular formula is C15H32N2O. The third kappa shape index (κ3) is 6.72. The lowest BCUT2D eigenvalue weighted by Gasteiger charge is -2.34. The Kier molecular flexibility index (Phi) is 7.87. The summed E-state index contributed by atoms with van der Waals surface area (Å²) < 4.78 is 0. The molecule has 0 spiro atoms. The maximum atomic E-state index is 9.95. The molecule has 0 unspecified atom stereocenters. The molecular weight excluding hydrogens is 224 g/mol. The highest BCUT2D eigenvalue weighted by molar-refractivity contribution is 4.72. The highest BCUT2D eigenvalue weighted by atomic mass is 16.3. The molecule has 0 aliphatic carbocycles. The van der Waals surface area contributed by atoms with E-state index in [4.69, 9.17) is 0 Å². The first-order chi connectivity index (χ1) is 8.61. The number of aliphatic hydroxyl groups is 1. The van der Waals surface area contributed by atoms with E-state index in [1.54, 1.807) is 0 Å². The fraction of sp³-hybridized carbons (Fsp3) is 1.00. The second kappa shape index (κ2) is 8.89. The maximum absolute atomic E-state index is 9.95. The van der Waals surface area contributed by atoms with Crippen molar-refractivity contribution in [3.05, 3.63) is 0 Å². The Morgan fingerprint density at radius 2 is 1.56 bits per heavy atom. The van der Waals surface area contributed by atoms with Crippen molar-refractivity contribution in [2.45, 2.75) is 52.6 Å². The Balaban J connectivity index is 2.02. The fourth-order valence-corrected chi connectivity index (χ4v) is 2.57. The summed E-state index contributed by atoms with van der Waals surface area (Å²) in [7, 11) is 0. The van der Waals surface area contributed by atoms with Gasteiger partial charge in [0.15, 0.2) is 0 Å². The molecule has 0 amide bonds. The van der Waals surface area contributed by atoms with Crippen LogP contribution in [0.2, 0.25) is 0 Å². The summed E-state index contributed by atoms with van der Waals surface area (Å²) in [5.74, 6) is 0.763. The molecule has 0 radical (unpaired) electrons. The SMILES string of the molecule is CCN1CCN(CC[C@@H](O)CCCC(C)C)CC1. The van der Waals surface area contributed by atoms with Gasteiger partial charge in [0.05, 0.1) is 6.10 Å². The van der Waals surface area contributed by atoms with Gasteiger partial charge in [0.25, 0.3) is 0 Å². The van der Waals surface area contributed by atoms with Crippen LogP contribution in [0.15, 0.2) is 0 Å².